The normalized spacial score (nSPS) is 19.0. The van der Waals surface area contributed by atoms with Gasteiger partial charge in [-0.3, -0.25) is 14.4 Å². The Morgan fingerprint density at radius 1 is 0.982 bits per heavy atom. The molecule has 15 nitrogen and oxygen atoms in total. The Kier molecular flexibility index (Phi) is 9.38. The molecule has 56 heavy (non-hydrogen) atoms. The summed E-state index contributed by atoms with van der Waals surface area (Å²) in [6.07, 6.45) is 10.7. The molecule has 1 spiro atoms. The molecule has 5 heterocycles. The third-order valence-electron chi connectivity index (χ3n) is 11.9. The fraction of sp³-hybridized carbons (Fsp3) is 0.463. The average molecular weight is 764 g/mol. The van der Waals surface area contributed by atoms with Crippen molar-refractivity contribution in [2.24, 2.45) is 16.4 Å². The van der Waals surface area contributed by atoms with Crippen molar-refractivity contribution in [3.8, 4) is 40.0 Å². The minimum atomic E-state index is -0.467. The lowest BCUT2D eigenvalue weighted by atomic mass is 9.77. The minimum absolute atomic E-state index is 0.0826. The van der Waals surface area contributed by atoms with Crippen LogP contribution in [0.15, 0.2) is 48.0 Å². The average Bonchev–Trinajstić information content (AvgIpc) is 3.54. The van der Waals surface area contributed by atoms with E-state index < -0.39 is 11.3 Å². The van der Waals surface area contributed by atoms with Crippen LogP contribution in [0.2, 0.25) is 0 Å². The highest BCUT2D eigenvalue weighted by atomic mass is 16.7. The van der Waals surface area contributed by atoms with Gasteiger partial charge in [0.25, 0.3) is 5.91 Å². The maximum absolute atomic E-state index is 14.1. The van der Waals surface area contributed by atoms with E-state index in [0.29, 0.717) is 95.9 Å². The van der Waals surface area contributed by atoms with E-state index in [1.165, 1.54) is 6.33 Å². The van der Waals surface area contributed by atoms with Crippen molar-refractivity contribution >= 4 is 34.5 Å². The lowest BCUT2D eigenvalue weighted by Crippen LogP contribution is -2.54. The van der Waals surface area contributed by atoms with Crippen LogP contribution >= 0.6 is 0 Å². The van der Waals surface area contributed by atoms with Gasteiger partial charge in [-0.2, -0.15) is 5.10 Å². The molecule has 2 aromatic heterocycles. The molecule has 2 N–H and O–H groups in total. The summed E-state index contributed by atoms with van der Waals surface area (Å²) in [4.78, 5) is 55.0. The number of benzene rings is 2. The van der Waals surface area contributed by atoms with Gasteiger partial charge in [0, 0.05) is 31.3 Å². The van der Waals surface area contributed by atoms with Crippen LogP contribution in [0, 0.1) is 11.3 Å². The number of ether oxygens (including phenoxy) is 5. The largest absolute Gasteiger partial charge is 0.493 e. The molecule has 9 rings (SSSR count). The number of hydrogen-bond donors (Lipinski definition) is 2. The number of H-pyrrole nitrogens is 1. The van der Waals surface area contributed by atoms with Crippen LogP contribution < -0.4 is 29.0 Å². The fourth-order valence-electron chi connectivity index (χ4n) is 8.53. The van der Waals surface area contributed by atoms with Gasteiger partial charge in [0.1, 0.15) is 23.3 Å². The second-order valence-corrected chi connectivity index (χ2v) is 15.3. The van der Waals surface area contributed by atoms with Crippen LogP contribution in [0.4, 0.5) is 0 Å². The smallest absolute Gasteiger partial charge is 0.255 e. The van der Waals surface area contributed by atoms with Crippen molar-refractivity contribution in [3.63, 3.8) is 0 Å². The molecule has 3 fully saturated rings. The number of aromatic nitrogens is 3. The molecule has 1 saturated heterocycles. The number of aromatic amines is 1. The molecule has 0 radical (unpaired) electrons. The topological polar surface area (TPSA) is 170 Å². The van der Waals surface area contributed by atoms with Gasteiger partial charge in [-0.15, -0.1) is 0 Å². The summed E-state index contributed by atoms with van der Waals surface area (Å²) in [5.74, 6) is 2.96. The maximum atomic E-state index is 14.1. The molecule has 0 bridgehead atoms. The summed E-state index contributed by atoms with van der Waals surface area (Å²) < 4.78 is 28.7. The summed E-state index contributed by atoms with van der Waals surface area (Å²) >= 11 is 0. The van der Waals surface area contributed by atoms with Crippen LogP contribution in [0.3, 0.4) is 0 Å². The Hall–Kier alpha value is -5.86. The highest BCUT2D eigenvalue weighted by Gasteiger charge is 2.49. The van der Waals surface area contributed by atoms with E-state index in [1.54, 1.807) is 30.3 Å². The van der Waals surface area contributed by atoms with Crippen LogP contribution in [0.1, 0.15) is 73.7 Å². The molecule has 15 heteroatoms. The van der Waals surface area contributed by atoms with E-state index in [-0.39, 0.29) is 36.8 Å². The zero-order valence-corrected chi connectivity index (χ0v) is 31.6. The predicted molar refractivity (Wildman–Crippen MR) is 204 cm³/mol. The Labute approximate surface area is 323 Å². The number of likely N-dealkylation sites (tertiary alicyclic amines) is 1. The van der Waals surface area contributed by atoms with Crippen molar-refractivity contribution in [3.05, 3.63) is 54.0 Å². The number of hydrogen-bond acceptors (Lipinski definition) is 11. The molecule has 2 saturated carbocycles. The number of rotatable bonds is 11. The molecule has 2 aromatic carbocycles. The molecule has 3 aliphatic heterocycles. The molecule has 3 amide bonds. The third-order valence-corrected chi connectivity index (χ3v) is 11.9. The summed E-state index contributed by atoms with van der Waals surface area (Å²) in [5, 5.41) is 9.47. The number of methoxy groups -OCH3 is 2. The summed E-state index contributed by atoms with van der Waals surface area (Å²) in [7, 11) is 3.21. The highest BCUT2D eigenvalue weighted by molar-refractivity contribution is 6.09. The number of fused-ring (bicyclic) bond motifs is 2. The summed E-state index contributed by atoms with van der Waals surface area (Å²) in [6.45, 7) is 1.38. The number of amides is 3. The van der Waals surface area contributed by atoms with E-state index >= 15 is 0 Å². The van der Waals surface area contributed by atoms with Crippen molar-refractivity contribution in [2.75, 3.05) is 47.3 Å². The van der Waals surface area contributed by atoms with E-state index in [4.69, 9.17) is 28.8 Å². The van der Waals surface area contributed by atoms with Crippen molar-refractivity contribution < 1.29 is 38.1 Å². The van der Waals surface area contributed by atoms with Crippen LogP contribution in [-0.4, -0.2) is 102 Å². The molecule has 0 unspecified atom stereocenters. The highest BCUT2D eigenvalue weighted by Crippen LogP contribution is 2.49. The Morgan fingerprint density at radius 2 is 1.77 bits per heavy atom. The van der Waals surface area contributed by atoms with Gasteiger partial charge < -0.3 is 38.9 Å². The van der Waals surface area contributed by atoms with Gasteiger partial charge in [-0.1, -0.05) is 12.8 Å². The molecule has 4 aromatic rings. The number of hydrazone groups is 1. The van der Waals surface area contributed by atoms with Crippen molar-refractivity contribution in [1.82, 2.24) is 30.2 Å². The van der Waals surface area contributed by atoms with Crippen molar-refractivity contribution in [1.29, 1.82) is 0 Å². The monoisotopic (exact) mass is 763 g/mol. The number of carbonyl (C=O) groups is 3. The van der Waals surface area contributed by atoms with Crippen LogP contribution in [-0.2, 0) is 9.59 Å². The first-order chi connectivity index (χ1) is 27.4. The quantitative estimate of drug-likeness (QED) is 0.210. The Bertz CT molecular complexity index is 2220. The second kappa shape index (κ2) is 14.7. The minimum Gasteiger partial charge on any atom is -0.493 e. The van der Waals surface area contributed by atoms with E-state index in [2.05, 4.69) is 20.3 Å². The molecule has 292 valence electrons. The lowest BCUT2D eigenvalue weighted by molar-refractivity contribution is -0.147. The van der Waals surface area contributed by atoms with Crippen molar-refractivity contribution in [2.45, 2.75) is 63.8 Å². The van der Waals surface area contributed by atoms with E-state index in [0.717, 1.165) is 49.8 Å². The SMILES string of the molecule is COc1ccc(C2=NN(C3CCN(C(=O)CNC(=O)c4c[nH]c5c(-c6c(OCC7CC7)ccc7c6OCO7)ncnc45)CC3)C(=O)C3(CCCC3)C2)cc1OC. The standard InChI is InChI=1S/C41H45N7O8/c1-52-29-8-7-25(17-32(29)53-2)28-18-41(13-3-4-14-41)40(51)48(46-28)26-11-15-47(16-12-26)33(49)20-43-39(50)27-19-42-37-35(27)44-22-45-36(37)34-30(54-21-24-5-6-24)9-10-31-38(34)56-23-55-31/h7-10,17,19,22,24,26,42H,3-6,11-16,18,20-21,23H2,1-2H3,(H,43,50). The van der Waals surface area contributed by atoms with Crippen LogP contribution in [0.5, 0.6) is 28.7 Å². The lowest BCUT2D eigenvalue weighted by Gasteiger charge is -2.43. The zero-order valence-electron chi connectivity index (χ0n) is 31.6. The second-order valence-electron chi connectivity index (χ2n) is 15.3. The predicted octanol–water partition coefficient (Wildman–Crippen LogP) is 5.08. The summed E-state index contributed by atoms with van der Waals surface area (Å²) in [6, 6.07) is 9.29. The van der Waals surface area contributed by atoms with Gasteiger partial charge in [-0.25, -0.2) is 15.0 Å². The third kappa shape index (κ3) is 6.52. The molecular formula is C41H45N7O8. The van der Waals surface area contributed by atoms with Gasteiger partial charge in [0.15, 0.2) is 23.0 Å². The van der Waals surface area contributed by atoms with Gasteiger partial charge >= 0.3 is 0 Å². The number of carbonyl (C=O) groups excluding carboxylic acids is 3. The first kappa shape index (κ1) is 35.8. The Morgan fingerprint density at radius 3 is 2.54 bits per heavy atom. The Balaban J connectivity index is 0.869. The molecule has 0 atom stereocenters. The molecular weight excluding hydrogens is 718 g/mol. The number of nitrogens with zero attached hydrogens (tertiary/aromatic N) is 5. The van der Waals surface area contributed by atoms with E-state index in [9.17, 15) is 14.4 Å². The number of nitrogens with one attached hydrogen (secondary N) is 2. The maximum Gasteiger partial charge on any atom is 0.255 e. The fourth-order valence-corrected chi connectivity index (χ4v) is 8.53. The first-order valence-corrected chi connectivity index (χ1v) is 19.4. The zero-order chi connectivity index (χ0) is 38.4. The van der Waals surface area contributed by atoms with Gasteiger partial charge in [-0.05, 0) is 74.8 Å². The van der Waals surface area contributed by atoms with Gasteiger partial charge in [0.05, 0.1) is 61.2 Å². The first-order valence-electron chi connectivity index (χ1n) is 19.4. The number of piperidine rings is 1. The summed E-state index contributed by atoms with van der Waals surface area (Å²) in [5.41, 5.74) is 3.68. The van der Waals surface area contributed by atoms with Gasteiger partial charge in [0.2, 0.25) is 18.6 Å². The molecule has 5 aliphatic rings. The van der Waals surface area contributed by atoms with Crippen LogP contribution in [0.25, 0.3) is 22.3 Å². The van der Waals surface area contributed by atoms with E-state index in [1.807, 2.05) is 30.3 Å². The molecule has 2 aliphatic carbocycles.